The third-order valence-electron chi connectivity index (χ3n) is 4.92. The van der Waals surface area contributed by atoms with Crippen LogP contribution in [0.5, 0.6) is 0 Å². The van der Waals surface area contributed by atoms with Gasteiger partial charge in [0.15, 0.2) is 0 Å². The van der Waals surface area contributed by atoms with Gasteiger partial charge in [0.25, 0.3) is 0 Å². The summed E-state index contributed by atoms with van der Waals surface area (Å²) in [5.41, 5.74) is 0. The van der Waals surface area contributed by atoms with Crippen molar-refractivity contribution in [2.45, 2.75) is 33.1 Å². The Kier molecular flexibility index (Phi) is 5.02. The molecule has 2 heterocycles. The summed E-state index contributed by atoms with van der Waals surface area (Å²) in [6, 6.07) is 0. The molecule has 2 aliphatic rings. The first-order valence-electron chi connectivity index (χ1n) is 7.70. The molecule has 2 rings (SSSR count). The van der Waals surface area contributed by atoms with E-state index >= 15 is 0 Å². The zero-order valence-corrected chi connectivity index (χ0v) is 12.5. The van der Waals surface area contributed by atoms with Crippen LogP contribution in [0.2, 0.25) is 0 Å². The minimum absolute atomic E-state index is 0.0584. The maximum absolute atomic E-state index is 12.3. The number of nitrogens with zero attached hydrogens (tertiary/aromatic N) is 1. The van der Waals surface area contributed by atoms with Crippen LogP contribution in [0.3, 0.4) is 0 Å². The Morgan fingerprint density at radius 3 is 2.70 bits per heavy atom. The highest BCUT2D eigenvalue weighted by molar-refractivity contribution is 5.79. The second kappa shape index (κ2) is 6.57. The Morgan fingerprint density at radius 2 is 2.15 bits per heavy atom. The number of carbonyl (C=O) groups is 2. The highest BCUT2D eigenvalue weighted by Crippen LogP contribution is 2.27. The summed E-state index contributed by atoms with van der Waals surface area (Å²) < 4.78 is 0. The van der Waals surface area contributed by atoms with Crippen LogP contribution < -0.4 is 5.32 Å². The van der Waals surface area contributed by atoms with Gasteiger partial charge in [-0.15, -0.1) is 0 Å². The molecule has 1 amide bonds. The molecule has 20 heavy (non-hydrogen) atoms. The molecule has 4 unspecified atom stereocenters. The van der Waals surface area contributed by atoms with Crippen molar-refractivity contribution < 1.29 is 14.7 Å². The number of carboxylic acids is 1. The lowest BCUT2D eigenvalue weighted by Crippen LogP contribution is -2.36. The van der Waals surface area contributed by atoms with Gasteiger partial charge in [-0.05, 0) is 43.7 Å². The molecule has 0 spiro atoms. The van der Waals surface area contributed by atoms with E-state index in [1.807, 2.05) is 6.92 Å². The first kappa shape index (κ1) is 15.3. The number of amides is 1. The number of aliphatic carboxylic acids is 1. The van der Waals surface area contributed by atoms with E-state index in [-0.39, 0.29) is 11.8 Å². The molecule has 4 atom stereocenters. The summed E-state index contributed by atoms with van der Waals surface area (Å²) in [5, 5.41) is 12.5. The summed E-state index contributed by atoms with van der Waals surface area (Å²) in [4.78, 5) is 25.2. The van der Waals surface area contributed by atoms with Crippen LogP contribution in [0.1, 0.15) is 33.1 Å². The lowest BCUT2D eigenvalue weighted by atomic mass is 9.85. The zero-order chi connectivity index (χ0) is 14.7. The van der Waals surface area contributed by atoms with Gasteiger partial charge in [-0.1, -0.05) is 13.8 Å². The van der Waals surface area contributed by atoms with Gasteiger partial charge in [0.1, 0.15) is 0 Å². The van der Waals surface area contributed by atoms with Gasteiger partial charge in [0, 0.05) is 19.5 Å². The fraction of sp³-hybridized carbons (Fsp3) is 0.867. The van der Waals surface area contributed by atoms with Crippen molar-refractivity contribution in [1.82, 2.24) is 10.2 Å². The standard InChI is InChI=1S/C15H26N2O3/c1-10(12-4-3-5-16-7-12)6-14(18)17-8-11(2)13(9-17)15(19)20/h10-13,16H,3-9H2,1-2H3,(H,19,20). The van der Waals surface area contributed by atoms with E-state index in [4.69, 9.17) is 5.11 Å². The average Bonchev–Trinajstić information content (AvgIpc) is 2.82. The SMILES string of the molecule is CC(CC(=O)N1CC(C)C(C(=O)O)C1)C1CCCNC1. The Bertz CT molecular complexity index is 366. The molecular formula is C15H26N2O3. The summed E-state index contributed by atoms with van der Waals surface area (Å²) in [7, 11) is 0. The Morgan fingerprint density at radius 1 is 1.40 bits per heavy atom. The molecule has 0 aromatic rings. The number of carbonyl (C=O) groups excluding carboxylic acids is 1. The summed E-state index contributed by atoms with van der Waals surface area (Å²) in [6.45, 7) is 7.12. The summed E-state index contributed by atoms with van der Waals surface area (Å²) >= 11 is 0. The highest BCUT2D eigenvalue weighted by atomic mass is 16.4. The van der Waals surface area contributed by atoms with Crippen LogP contribution >= 0.6 is 0 Å². The fourth-order valence-electron chi connectivity index (χ4n) is 3.43. The molecule has 0 aromatic carbocycles. The summed E-state index contributed by atoms with van der Waals surface area (Å²) in [6.07, 6.45) is 2.92. The van der Waals surface area contributed by atoms with Crippen molar-refractivity contribution in [2.24, 2.45) is 23.7 Å². The van der Waals surface area contributed by atoms with Crippen molar-refractivity contribution in [3.63, 3.8) is 0 Å². The van der Waals surface area contributed by atoms with Gasteiger partial charge in [-0.25, -0.2) is 0 Å². The molecule has 2 fully saturated rings. The molecular weight excluding hydrogens is 256 g/mol. The van der Waals surface area contributed by atoms with E-state index in [2.05, 4.69) is 12.2 Å². The van der Waals surface area contributed by atoms with E-state index in [1.54, 1.807) is 4.90 Å². The number of hydrogen-bond donors (Lipinski definition) is 2. The molecule has 0 aromatic heterocycles. The van der Waals surface area contributed by atoms with E-state index < -0.39 is 11.9 Å². The highest BCUT2D eigenvalue weighted by Gasteiger charge is 2.37. The van der Waals surface area contributed by atoms with Gasteiger partial charge >= 0.3 is 5.97 Å². The Hall–Kier alpha value is -1.10. The maximum atomic E-state index is 12.3. The molecule has 0 saturated carbocycles. The average molecular weight is 282 g/mol. The van der Waals surface area contributed by atoms with Crippen LogP contribution in [0, 0.1) is 23.7 Å². The van der Waals surface area contributed by atoms with E-state index in [0.29, 0.717) is 31.3 Å². The number of rotatable bonds is 4. The normalized spacial score (nSPS) is 32.1. The maximum Gasteiger partial charge on any atom is 0.308 e. The van der Waals surface area contributed by atoms with Gasteiger partial charge in [-0.3, -0.25) is 9.59 Å². The number of likely N-dealkylation sites (tertiary alicyclic amines) is 1. The van der Waals surface area contributed by atoms with Crippen molar-refractivity contribution >= 4 is 11.9 Å². The number of carboxylic acid groups (broad SMARTS) is 1. The van der Waals surface area contributed by atoms with Crippen LogP contribution in [0.15, 0.2) is 0 Å². The third-order valence-corrected chi connectivity index (χ3v) is 4.92. The predicted molar refractivity (Wildman–Crippen MR) is 76.2 cm³/mol. The smallest absolute Gasteiger partial charge is 0.308 e. The number of hydrogen-bond acceptors (Lipinski definition) is 3. The Labute approximate surface area is 120 Å². The van der Waals surface area contributed by atoms with Gasteiger partial charge < -0.3 is 15.3 Å². The first-order valence-corrected chi connectivity index (χ1v) is 7.70. The van der Waals surface area contributed by atoms with Crippen molar-refractivity contribution in [1.29, 1.82) is 0 Å². The van der Waals surface area contributed by atoms with E-state index in [1.165, 1.54) is 12.8 Å². The molecule has 5 nitrogen and oxygen atoms in total. The van der Waals surface area contributed by atoms with Crippen LogP contribution in [0.4, 0.5) is 0 Å². The second-order valence-corrected chi connectivity index (χ2v) is 6.51. The predicted octanol–water partition coefficient (Wildman–Crippen LogP) is 1.19. The molecule has 0 aliphatic carbocycles. The van der Waals surface area contributed by atoms with E-state index in [9.17, 15) is 9.59 Å². The minimum Gasteiger partial charge on any atom is -0.481 e. The van der Waals surface area contributed by atoms with Crippen LogP contribution in [0.25, 0.3) is 0 Å². The third kappa shape index (κ3) is 3.51. The van der Waals surface area contributed by atoms with Gasteiger partial charge in [0.05, 0.1) is 5.92 Å². The molecule has 0 bridgehead atoms. The van der Waals surface area contributed by atoms with Gasteiger partial charge in [-0.2, -0.15) is 0 Å². The second-order valence-electron chi connectivity index (χ2n) is 6.51. The van der Waals surface area contributed by atoms with Crippen LogP contribution in [-0.4, -0.2) is 48.1 Å². The largest absolute Gasteiger partial charge is 0.481 e. The van der Waals surface area contributed by atoms with Crippen LogP contribution in [-0.2, 0) is 9.59 Å². The fourth-order valence-corrected chi connectivity index (χ4v) is 3.43. The quantitative estimate of drug-likeness (QED) is 0.812. The number of nitrogens with one attached hydrogen (secondary N) is 1. The first-order chi connectivity index (χ1) is 9.49. The van der Waals surface area contributed by atoms with Crippen molar-refractivity contribution in [3.05, 3.63) is 0 Å². The van der Waals surface area contributed by atoms with Crippen molar-refractivity contribution in [3.8, 4) is 0 Å². The molecule has 5 heteroatoms. The minimum atomic E-state index is -0.780. The zero-order valence-electron chi connectivity index (χ0n) is 12.5. The van der Waals surface area contributed by atoms with E-state index in [0.717, 1.165) is 13.1 Å². The molecule has 0 radical (unpaired) electrons. The Balaban J connectivity index is 1.84. The molecule has 114 valence electrons. The van der Waals surface area contributed by atoms with Crippen molar-refractivity contribution in [2.75, 3.05) is 26.2 Å². The van der Waals surface area contributed by atoms with Gasteiger partial charge in [0.2, 0.25) is 5.91 Å². The number of piperidine rings is 1. The topological polar surface area (TPSA) is 69.6 Å². The summed E-state index contributed by atoms with van der Waals surface area (Å²) in [5.74, 6) is -0.0535. The molecule has 2 aliphatic heterocycles. The lowest BCUT2D eigenvalue weighted by Gasteiger charge is -2.29. The lowest BCUT2D eigenvalue weighted by molar-refractivity contribution is -0.142. The molecule has 2 saturated heterocycles. The molecule has 2 N–H and O–H groups in total. The monoisotopic (exact) mass is 282 g/mol.